The molecule has 2 aromatic rings. The maximum absolute atomic E-state index is 5.73. The number of fused-ring (bicyclic) bond motifs is 1. The molecule has 1 unspecified atom stereocenters. The largest absolute Gasteiger partial charge is 0.477 e. The summed E-state index contributed by atoms with van der Waals surface area (Å²) in [6.45, 7) is 4.93. The van der Waals surface area contributed by atoms with Crippen molar-refractivity contribution >= 4 is 17.0 Å². The van der Waals surface area contributed by atoms with Crippen molar-refractivity contribution in [2.24, 2.45) is 11.8 Å². The Kier molecular flexibility index (Phi) is 3.93. The number of nitrogens with zero attached hydrogens (tertiary/aromatic N) is 3. The molecule has 0 saturated heterocycles. The number of aromatic amines is 1. The summed E-state index contributed by atoms with van der Waals surface area (Å²) in [5, 5.41) is 7.46. The third-order valence-electron chi connectivity index (χ3n) is 2.69. The van der Waals surface area contributed by atoms with Crippen molar-refractivity contribution in [3.8, 4) is 5.88 Å². The van der Waals surface area contributed by atoms with Gasteiger partial charge in [-0.05, 0) is 12.3 Å². The Morgan fingerprint density at radius 1 is 1.50 bits per heavy atom. The second-order valence-corrected chi connectivity index (χ2v) is 4.33. The van der Waals surface area contributed by atoms with Crippen LogP contribution in [0.5, 0.6) is 5.88 Å². The maximum atomic E-state index is 5.73. The van der Waals surface area contributed by atoms with Crippen LogP contribution in [0, 0.1) is 5.92 Å². The van der Waals surface area contributed by atoms with Gasteiger partial charge in [-0.3, -0.25) is 10.5 Å². The molecule has 4 N–H and O–H groups in total. The van der Waals surface area contributed by atoms with Crippen molar-refractivity contribution in [1.29, 1.82) is 0 Å². The van der Waals surface area contributed by atoms with Gasteiger partial charge in [0.05, 0.1) is 12.8 Å². The molecule has 0 spiro atoms. The van der Waals surface area contributed by atoms with Gasteiger partial charge in [0, 0.05) is 0 Å². The number of hydrazine groups is 1. The Balaban J connectivity index is 2.18. The molecule has 1 atom stereocenters. The van der Waals surface area contributed by atoms with Gasteiger partial charge >= 0.3 is 0 Å². The predicted molar refractivity (Wildman–Crippen MR) is 69.1 cm³/mol. The van der Waals surface area contributed by atoms with E-state index in [1.807, 2.05) is 0 Å². The quantitative estimate of drug-likeness (QED) is 0.530. The molecule has 7 heteroatoms. The molecule has 0 aliphatic rings. The third kappa shape index (κ3) is 2.67. The summed E-state index contributed by atoms with van der Waals surface area (Å²) in [6.07, 6.45) is 3.92. The molecule has 0 aromatic carbocycles. The minimum absolute atomic E-state index is 0.310. The van der Waals surface area contributed by atoms with E-state index in [-0.39, 0.29) is 0 Å². The summed E-state index contributed by atoms with van der Waals surface area (Å²) in [4.78, 5) is 8.33. The number of aromatic nitrogens is 4. The Morgan fingerprint density at radius 2 is 2.33 bits per heavy atom. The fraction of sp³-hybridized carbons (Fsp3) is 0.545. The first-order valence-corrected chi connectivity index (χ1v) is 6.05. The van der Waals surface area contributed by atoms with Gasteiger partial charge in [0.1, 0.15) is 5.39 Å². The number of nitrogen functional groups attached to an aromatic ring is 1. The second-order valence-electron chi connectivity index (χ2n) is 4.33. The summed E-state index contributed by atoms with van der Waals surface area (Å²) in [5.74, 6) is 6.62. The van der Waals surface area contributed by atoms with E-state index >= 15 is 0 Å². The lowest BCUT2D eigenvalue weighted by atomic mass is 10.1. The zero-order chi connectivity index (χ0) is 13.0. The number of anilines is 1. The average molecular weight is 250 g/mol. The Morgan fingerprint density at radius 3 is 3.06 bits per heavy atom. The predicted octanol–water partition coefficient (Wildman–Crippen LogP) is 1.45. The summed E-state index contributed by atoms with van der Waals surface area (Å²) in [5.41, 5.74) is 3.02. The fourth-order valence-corrected chi connectivity index (χ4v) is 1.78. The van der Waals surface area contributed by atoms with Crippen molar-refractivity contribution in [1.82, 2.24) is 20.2 Å². The molecule has 7 nitrogen and oxygen atoms in total. The van der Waals surface area contributed by atoms with Crippen molar-refractivity contribution < 1.29 is 4.74 Å². The Labute approximate surface area is 105 Å². The first kappa shape index (κ1) is 12.6. The number of hydrogen-bond acceptors (Lipinski definition) is 6. The zero-order valence-corrected chi connectivity index (χ0v) is 10.6. The van der Waals surface area contributed by atoms with E-state index in [2.05, 4.69) is 39.4 Å². The summed E-state index contributed by atoms with van der Waals surface area (Å²) < 4.78 is 5.73. The van der Waals surface area contributed by atoms with Crippen LogP contribution in [0.4, 0.5) is 5.95 Å². The maximum Gasteiger partial charge on any atom is 0.242 e. The average Bonchev–Trinajstić information content (AvgIpc) is 2.84. The molecular formula is C11H18N6O. The highest BCUT2D eigenvalue weighted by molar-refractivity contribution is 5.80. The van der Waals surface area contributed by atoms with Crippen molar-refractivity contribution in [2.45, 2.75) is 26.7 Å². The van der Waals surface area contributed by atoms with E-state index in [4.69, 9.17) is 10.6 Å². The van der Waals surface area contributed by atoms with E-state index in [1.165, 1.54) is 0 Å². The number of H-pyrrole nitrogens is 1. The molecule has 18 heavy (non-hydrogen) atoms. The smallest absolute Gasteiger partial charge is 0.242 e. The lowest BCUT2D eigenvalue weighted by Gasteiger charge is -2.12. The number of ether oxygens (including phenoxy) is 1. The highest BCUT2D eigenvalue weighted by Gasteiger charge is 2.11. The molecule has 0 radical (unpaired) electrons. The zero-order valence-electron chi connectivity index (χ0n) is 10.6. The van der Waals surface area contributed by atoms with Crippen LogP contribution in [0.15, 0.2) is 6.20 Å². The van der Waals surface area contributed by atoms with Gasteiger partial charge in [-0.15, -0.1) is 0 Å². The van der Waals surface area contributed by atoms with Crippen LogP contribution in [0.3, 0.4) is 0 Å². The Bertz CT molecular complexity index is 511. The first-order valence-electron chi connectivity index (χ1n) is 6.05. The number of nitrogens with two attached hydrogens (primary N) is 1. The van der Waals surface area contributed by atoms with Crippen LogP contribution >= 0.6 is 0 Å². The van der Waals surface area contributed by atoms with E-state index in [0.717, 1.165) is 18.2 Å². The highest BCUT2D eigenvalue weighted by Crippen LogP contribution is 2.22. The fourth-order valence-electron chi connectivity index (χ4n) is 1.78. The van der Waals surface area contributed by atoms with Crippen LogP contribution in [0.1, 0.15) is 26.7 Å². The lowest BCUT2D eigenvalue weighted by molar-refractivity contribution is 0.246. The van der Waals surface area contributed by atoms with Gasteiger partial charge in [0.25, 0.3) is 0 Å². The monoisotopic (exact) mass is 250 g/mol. The first-order chi connectivity index (χ1) is 8.74. The van der Waals surface area contributed by atoms with Crippen molar-refractivity contribution in [3.05, 3.63) is 6.20 Å². The summed E-state index contributed by atoms with van der Waals surface area (Å²) in [6, 6.07) is 0. The second kappa shape index (κ2) is 5.63. The minimum Gasteiger partial charge on any atom is -0.477 e. The van der Waals surface area contributed by atoms with Crippen LogP contribution < -0.4 is 16.0 Å². The van der Waals surface area contributed by atoms with Gasteiger partial charge in [0.2, 0.25) is 11.8 Å². The molecule has 0 aliphatic heterocycles. The normalized spacial score (nSPS) is 12.6. The van der Waals surface area contributed by atoms with Crippen molar-refractivity contribution in [3.63, 3.8) is 0 Å². The van der Waals surface area contributed by atoms with Crippen LogP contribution in [-0.4, -0.2) is 26.8 Å². The third-order valence-corrected chi connectivity index (χ3v) is 2.69. The molecule has 0 saturated carbocycles. The lowest BCUT2D eigenvalue weighted by Crippen LogP contribution is -2.13. The molecule has 0 amide bonds. The topological polar surface area (TPSA) is 102 Å². The number of nitrogens with one attached hydrogen (secondary N) is 2. The molecule has 0 bridgehead atoms. The van der Waals surface area contributed by atoms with Crippen LogP contribution in [-0.2, 0) is 0 Å². The molecule has 2 aromatic heterocycles. The molecular weight excluding hydrogens is 232 g/mol. The van der Waals surface area contributed by atoms with E-state index in [9.17, 15) is 0 Å². The molecule has 2 heterocycles. The molecule has 0 fully saturated rings. The highest BCUT2D eigenvalue weighted by atomic mass is 16.5. The van der Waals surface area contributed by atoms with Gasteiger partial charge in [-0.25, -0.2) is 5.84 Å². The molecule has 2 rings (SSSR count). The van der Waals surface area contributed by atoms with E-state index < -0.39 is 0 Å². The van der Waals surface area contributed by atoms with E-state index in [0.29, 0.717) is 30.0 Å². The van der Waals surface area contributed by atoms with Gasteiger partial charge in [-0.2, -0.15) is 15.1 Å². The van der Waals surface area contributed by atoms with Gasteiger partial charge in [0.15, 0.2) is 5.65 Å². The SMILES string of the molecule is CCCC(C)COc1nc(NN)nc2[nH]ncc12. The summed E-state index contributed by atoms with van der Waals surface area (Å²) >= 11 is 0. The van der Waals surface area contributed by atoms with Crippen LogP contribution in [0.25, 0.3) is 11.0 Å². The minimum atomic E-state index is 0.310. The molecule has 98 valence electrons. The van der Waals surface area contributed by atoms with Crippen molar-refractivity contribution in [2.75, 3.05) is 12.0 Å². The number of rotatable bonds is 6. The Hall–Kier alpha value is -1.89. The van der Waals surface area contributed by atoms with Crippen LogP contribution in [0.2, 0.25) is 0 Å². The van der Waals surface area contributed by atoms with Gasteiger partial charge in [-0.1, -0.05) is 20.3 Å². The van der Waals surface area contributed by atoms with Gasteiger partial charge < -0.3 is 4.74 Å². The summed E-state index contributed by atoms with van der Waals surface area (Å²) in [7, 11) is 0. The van der Waals surface area contributed by atoms with E-state index in [1.54, 1.807) is 6.20 Å². The number of hydrogen-bond donors (Lipinski definition) is 3. The standard InChI is InChI=1S/C11H18N6O/c1-3-4-7(2)6-18-10-8-5-13-17-9(8)14-11(15-10)16-12/h5,7H,3-4,6,12H2,1-2H3,(H2,13,14,15,16,17). The molecule has 0 aliphatic carbocycles.